The van der Waals surface area contributed by atoms with E-state index in [1.54, 1.807) is 54.6 Å². The van der Waals surface area contributed by atoms with Crippen molar-refractivity contribution in [1.82, 2.24) is 31.1 Å². The third-order valence-electron chi connectivity index (χ3n) is 3.83. The van der Waals surface area contributed by atoms with E-state index in [4.69, 9.17) is 11.6 Å². The zero-order valence-corrected chi connectivity index (χ0v) is 15.2. The second-order valence-electron chi connectivity index (χ2n) is 5.67. The fourth-order valence-electron chi connectivity index (χ4n) is 2.39. The maximum atomic E-state index is 12.4. The molecule has 0 saturated heterocycles. The average molecular weight is 385 g/mol. The number of hydrogen-bond acceptors (Lipinski definition) is 5. The van der Waals surface area contributed by atoms with E-state index >= 15 is 0 Å². The Balaban J connectivity index is 1.66. The Kier molecular flexibility index (Phi) is 5.77. The van der Waals surface area contributed by atoms with Gasteiger partial charge in [-0.3, -0.25) is 20.4 Å². The second kappa shape index (κ2) is 8.41. The van der Waals surface area contributed by atoms with Gasteiger partial charge in [0.05, 0.1) is 0 Å². The highest BCUT2D eigenvalue weighted by atomic mass is 35.5. The molecule has 9 heteroatoms. The number of benzene rings is 2. The van der Waals surface area contributed by atoms with E-state index in [2.05, 4.69) is 26.3 Å². The van der Waals surface area contributed by atoms with Crippen LogP contribution >= 0.6 is 11.6 Å². The second-order valence-corrected chi connectivity index (χ2v) is 6.11. The molecule has 0 saturated carbocycles. The molecule has 1 aromatic heterocycles. The molecule has 3 rings (SSSR count). The van der Waals surface area contributed by atoms with Crippen LogP contribution in [0.3, 0.4) is 0 Å². The van der Waals surface area contributed by atoms with Crippen molar-refractivity contribution in [2.24, 2.45) is 0 Å². The number of nitrogens with one attached hydrogen (secondary N) is 2. The molecule has 1 heterocycles. The largest absolute Gasteiger partial charge is 0.271 e. The fourth-order valence-corrected chi connectivity index (χ4v) is 2.51. The summed E-state index contributed by atoms with van der Waals surface area (Å²) in [6.07, 6.45) is 0.420. The molecule has 0 aliphatic carbocycles. The molecule has 0 aliphatic heterocycles. The molecule has 2 N–H and O–H groups in total. The number of aromatic nitrogens is 4. The van der Waals surface area contributed by atoms with Crippen LogP contribution in [-0.2, 0) is 4.79 Å². The highest BCUT2D eigenvalue weighted by Crippen LogP contribution is 2.18. The van der Waals surface area contributed by atoms with Gasteiger partial charge < -0.3 is 0 Å². The maximum absolute atomic E-state index is 12.4. The lowest BCUT2D eigenvalue weighted by Crippen LogP contribution is -2.45. The average Bonchev–Trinajstić information content (AvgIpc) is 3.17. The number of amides is 2. The number of carbonyl (C=O) groups is 2. The number of halogens is 1. The van der Waals surface area contributed by atoms with E-state index in [-0.39, 0.29) is 0 Å². The summed E-state index contributed by atoms with van der Waals surface area (Å²) in [5.41, 5.74) is 5.96. The first-order chi connectivity index (χ1) is 13.1. The molecule has 3 aromatic rings. The Bertz CT molecular complexity index is 927. The summed E-state index contributed by atoms with van der Waals surface area (Å²) in [6, 6.07) is 14.8. The summed E-state index contributed by atoms with van der Waals surface area (Å²) in [5, 5.41) is 12.8. The molecule has 0 aliphatic rings. The number of hydrazine groups is 1. The minimum atomic E-state index is -0.713. The molecule has 2 aromatic carbocycles. The number of carbonyl (C=O) groups excluding carboxylic acids is 2. The lowest BCUT2D eigenvalue weighted by Gasteiger charge is -2.14. The van der Waals surface area contributed by atoms with Gasteiger partial charge in [-0.05, 0) is 48.0 Å². The van der Waals surface area contributed by atoms with Crippen molar-refractivity contribution < 1.29 is 9.59 Å². The number of hydrogen-bond donors (Lipinski definition) is 2. The van der Waals surface area contributed by atoms with Gasteiger partial charge in [-0.15, -0.1) is 10.2 Å². The number of tetrazole rings is 1. The molecular weight excluding hydrogens is 368 g/mol. The Labute approximate surface area is 160 Å². The van der Waals surface area contributed by atoms with Crippen LogP contribution < -0.4 is 10.9 Å². The van der Waals surface area contributed by atoms with Crippen LogP contribution in [0.25, 0.3) is 11.4 Å². The van der Waals surface area contributed by atoms with Crippen molar-refractivity contribution in [3.05, 3.63) is 65.2 Å². The molecule has 138 valence electrons. The van der Waals surface area contributed by atoms with Crippen LogP contribution in [-0.4, -0.2) is 32.0 Å². The Morgan fingerprint density at radius 2 is 1.78 bits per heavy atom. The van der Waals surface area contributed by atoms with Crippen molar-refractivity contribution in [3.63, 3.8) is 0 Å². The smallest absolute Gasteiger partial charge is 0.269 e. The minimum absolute atomic E-state index is 0.381. The molecule has 1 unspecified atom stereocenters. The first-order valence-corrected chi connectivity index (χ1v) is 8.67. The highest BCUT2D eigenvalue weighted by molar-refractivity contribution is 6.30. The van der Waals surface area contributed by atoms with E-state index in [1.807, 2.05) is 6.92 Å². The summed E-state index contributed by atoms with van der Waals surface area (Å²) in [5.74, 6) is -0.472. The standard InChI is InChI=1S/C18H17ClN6O2/c1-2-15(18(27)22-21-17(26)13-6-4-3-5-7-13)25-23-16(20-24-25)12-8-10-14(19)11-9-12/h3-11,15H,2H2,1H3,(H,21,26)(H,22,27). The third-order valence-corrected chi connectivity index (χ3v) is 4.09. The first-order valence-electron chi connectivity index (χ1n) is 8.29. The summed E-state index contributed by atoms with van der Waals surface area (Å²) in [4.78, 5) is 25.7. The molecule has 0 radical (unpaired) electrons. The van der Waals surface area contributed by atoms with Crippen LogP contribution in [0.2, 0.25) is 5.02 Å². The predicted molar refractivity (Wildman–Crippen MR) is 99.6 cm³/mol. The predicted octanol–water partition coefficient (Wildman–Crippen LogP) is 2.41. The Morgan fingerprint density at radius 3 is 2.44 bits per heavy atom. The van der Waals surface area contributed by atoms with E-state index in [1.165, 1.54) is 4.80 Å². The lowest BCUT2D eigenvalue weighted by atomic mass is 10.2. The Hall–Kier alpha value is -3.26. The Morgan fingerprint density at radius 1 is 1.07 bits per heavy atom. The molecule has 0 spiro atoms. The first kappa shape index (κ1) is 18.5. The quantitative estimate of drug-likeness (QED) is 0.658. The maximum Gasteiger partial charge on any atom is 0.269 e. The summed E-state index contributed by atoms with van der Waals surface area (Å²) in [7, 11) is 0. The summed E-state index contributed by atoms with van der Waals surface area (Å²) >= 11 is 5.87. The van der Waals surface area contributed by atoms with Crippen LogP contribution in [0.15, 0.2) is 54.6 Å². The van der Waals surface area contributed by atoms with Crippen molar-refractivity contribution >= 4 is 23.4 Å². The molecule has 2 amide bonds. The molecule has 27 heavy (non-hydrogen) atoms. The number of rotatable bonds is 5. The normalized spacial score (nSPS) is 11.6. The minimum Gasteiger partial charge on any atom is -0.271 e. The van der Waals surface area contributed by atoms with Gasteiger partial charge >= 0.3 is 0 Å². The van der Waals surface area contributed by atoms with Crippen molar-refractivity contribution in [2.75, 3.05) is 0 Å². The zero-order chi connectivity index (χ0) is 19.2. The highest BCUT2D eigenvalue weighted by Gasteiger charge is 2.22. The van der Waals surface area contributed by atoms with Crippen molar-refractivity contribution in [3.8, 4) is 11.4 Å². The molecule has 1 atom stereocenters. The molecule has 0 fully saturated rings. The van der Waals surface area contributed by atoms with Crippen molar-refractivity contribution in [2.45, 2.75) is 19.4 Å². The van der Waals surface area contributed by atoms with Crippen LogP contribution in [0.5, 0.6) is 0 Å². The van der Waals surface area contributed by atoms with Gasteiger partial charge in [0.15, 0.2) is 6.04 Å². The third kappa shape index (κ3) is 4.48. The van der Waals surface area contributed by atoms with Gasteiger partial charge in [0.25, 0.3) is 11.8 Å². The topological polar surface area (TPSA) is 102 Å². The summed E-state index contributed by atoms with van der Waals surface area (Å²) < 4.78 is 0. The molecule has 8 nitrogen and oxygen atoms in total. The van der Waals surface area contributed by atoms with Crippen LogP contribution in [0.1, 0.15) is 29.7 Å². The van der Waals surface area contributed by atoms with E-state index in [0.717, 1.165) is 5.56 Å². The van der Waals surface area contributed by atoms with Gasteiger partial charge in [-0.2, -0.15) is 4.80 Å². The number of nitrogens with zero attached hydrogens (tertiary/aromatic N) is 4. The SMILES string of the molecule is CCC(C(=O)NNC(=O)c1ccccc1)n1nnc(-c2ccc(Cl)cc2)n1. The lowest BCUT2D eigenvalue weighted by molar-refractivity contribution is -0.125. The van der Waals surface area contributed by atoms with Gasteiger partial charge in [-0.1, -0.05) is 36.7 Å². The van der Waals surface area contributed by atoms with E-state index in [9.17, 15) is 9.59 Å². The van der Waals surface area contributed by atoms with E-state index < -0.39 is 17.9 Å². The fraction of sp³-hybridized carbons (Fsp3) is 0.167. The van der Waals surface area contributed by atoms with E-state index in [0.29, 0.717) is 22.8 Å². The van der Waals surface area contributed by atoms with Gasteiger partial charge in [0.1, 0.15) is 0 Å². The summed E-state index contributed by atoms with van der Waals surface area (Å²) in [6.45, 7) is 1.81. The van der Waals surface area contributed by atoms with Crippen LogP contribution in [0.4, 0.5) is 0 Å². The van der Waals surface area contributed by atoms with Gasteiger partial charge in [0, 0.05) is 16.1 Å². The van der Waals surface area contributed by atoms with Gasteiger partial charge in [0.2, 0.25) is 5.82 Å². The van der Waals surface area contributed by atoms with Crippen LogP contribution in [0, 0.1) is 0 Å². The monoisotopic (exact) mass is 384 g/mol. The molecule has 0 bridgehead atoms. The van der Waals surface area contributed by atoms with Crippen molar-refractivity contribution in [1.29, 1.82) is 0 Å². The molecular formula is C18H17ClN6O2. The van der Waals surface area contributed by atoms with Gasteiger partial charge in [-0.25, -0.2) is 0 Å². The zero-order valence-electron chi connectivity index (χ0n) is 14.5.